The molecule has 2 amide bonds. The quantitative estimate of drug-likeness (QED) is 0.359. The zero-order valence-corrected chi connectivity index (χ0v) is 22.2. The number of rotatable bonds is 11. The second-order valence-electron chi connectivity index (χ2n) is 9.32. The highest BCUT2D eigenvalue weighted by atomic mass is 16.2. The van der Waals surface area contributed by atoms with Crippen molar-refractivity contribution in [3.05, 3.63) is 78.0 Å². The standard InChI is InChI=1S/C29H37N7O2/c1-3-34(4-2)21-28(37)36-16-14-35(15-17-36)24-12-10-23(11-13-24)33-27-18-26(25(20-32-27)29(30)38)31-19-22-8-6-5-7-9-22/h5-13,18,20H,3-4,14-17,19,21H2,1-2H3,(H2,30,38)(H2,31,32,33). The van der Waals surface area contributed by atoms with Gasteiger partial charge in [-0.3, -0.25) is 14.5 Å². The van der Waals surface area contributed by atoms with Crippen molar-refractivity contribution in [3.63, 3.8) is 0 Å². The summed E-state index contributed by atoms with van der Waals surface area (Å²) in [4.78, 5) is 35.3. The van der Waals surface area contributed by atoms with E-state index in [1.807, 2.05) is 47.4 Å². The molecule has 0 spiro atoms. The molecular weight excluding hydrogens is 478 g/mol. The lowest BCUT2D eigenvalue weighted by molar-refractivity contribution is -0.132. The van der Waals surface area contributed by atoms with E-state index in [2.05, 4.69) is 51.4 Å². The molecule has 4 rings (SSSR count). The molecular formula is C29H37N7O2. The van der Waals surface area contributed by atoms with E-state index in [-0.39, 0.29) is 5.91 Å². The van der Waals surface area contributed by atoms with Gasteiger partial charge in [-0.15, -0.1) is 0 Å². The maximum absolute atomic E-state index is 12.6. The van der Waals surface area contributed by atoms with Crippen LogP contribution in [-0.2, 0) is 11.3 Å². The largest absolute Gasteiger partial charge is 0.380 e. The Morgan fingerprint density at radius 1 is 0.974 bits per heavy atom. The van der Waals surface area contributed by atoms with E-state index >= 15 is 0 Å². The number of carbonyl (C=O) groups excluding carboxylic acids is 2. The van der Waals surface area contributed by atoms with Gasteiger partial charge in [-0.2, -0.15) is 0 Å². The summed E-state index contributed by atoms with van der Waals surface area (Å²) in [5.74, 6) is 0.290. The van der Waals surface area contributed by atoms with Gasteiger partial charge >= 0.3 is 0 Å². The lowest BCUT2D eigenvalue weighted by atomic mass is 10.2. The van der Waals surface area contributed by atoms with Gasteiger partial charge in [0.1, 0.15) is 5.82 Å². The first-order valence-corrected chi connectivity index (χ1v) is 13.2. The third-order valence-electron chi connectivity index (χ3n) is 6.89. The zero-order chi connectivity index (χ0) is 26.9. The van der Waals surface area contributed by atoms with E-state index in [0.717, 1.165) is 56.2 Å². The molecule has 38 heavy (non-hydrogen) atoms. The highest BCUT2D eigenvalue weighted by Crippen LogP contribution is 2.25. The van der Waals surface area contributed by atoms with Crippen molar-refractivity contribution in [1.29, 1.82) is 0 Å². The number of carbonyl (C=O) groups is 2. The lowest BCUT2D eigenvalue weighted by Crippen LogP contribution is -2.51. The Morgan fingerprint density at radius 2 is 1.66 bits per heavy atom. The Bertz CT molecular complexity index is 1210. The van der Waals surface area contributed by atoms with E-state index in [1.54, 1.807) is 6.07 Å². The highest BCUT2D eigenvalue weighted by Gasteiger charge is 2.22. The SMILES string of the molecule is CCN(CC)CC(=O)N1CCN(c2ccc(Nc3cc(NCc4ccccc4)c(C(N)=O)cn3)cc2)CC1. The van der Waals surface area contributed by atoms with Crippen LogP contribution in [0.4, 0.5) is 22.9 Å². The smallest absolute Gasteiger partial charge is 0.252 e. The van der Waals surface area contributed by atoms with Gasteiger partial charge < -0.3 is 26.2 Å². The monoisotopic (exact) mass is 515 g/mol. The number of likely N-dealkylation sites (N-methyl/N-ethyl adjacent to an activating group) is 1. The van der Waals surface area contributed by atoms with E-state index in [4.69, 9.17) is 5.73 Å². The van der Waals surface area contributed by atoms with Gasteiger partial charge in [-0.05, 0) is 42.9 Å². The number of anilines is 4. The number of benzene rings is 2. The van der Waals surface area contributed by atoms with Crippen LogP contribution < -0.4 is 21.3 Å². The van der Waals surface area contributed by atoms with Gasteiger partial charge in [-0.1, -0.05) is 44.2 Å². The molecule has 1 aliphatic heterocycles. The molecule has 200 valence electrons. The molecule has 0 saturated carbocycles. The molecule has 0 aliphatic carbocycles. The minimum absolute atomic E-state index is 0.209. The molecule has 1 saturated heterocycles. The molecule has 0 unspecified atom stereocenters. The Morgan fingerprint density at radius 3 is 2.29 bits per heavy atom. The fourth-order valence-corrected chi connectivity index (χ4v) is 4.52. The summed E-state index contributed by atoms with van der Waals surface area (Å²) in [5.41, 5.74) is 9.64. The maximum atomic E-state index is 12.6. The average molecular weight is 516 g/mol. The van der Waals surface area contributed by atoms with Crippen LogP contribution in [0.3, 0.4) is 0 Å². The van der Waals surface area contributed by atoms with Crippen molar-refractivity contribution in [2.75, 3.05) is 61.3 Å². The average Bonchev–Trinajstić information content (AvgIpc) is 2.95. The van der Waals surface area contributed by atoms with E-state index in [0.29, 0.717) is 30.2 Å². The minimum atomic E-state index is -0.529. The topological polar surface area (TPSA) is 107 Å². The second-order valence-corrected chi connectivity index (χ2v) is 9.32. The first-order valence-electron chi connectivity index (χ1n) is 13.2. The molecule has 9 heteroatoms. The van der Waals surface area contributed by atoms with Crippen LogP contribution in [-0.4, -0.2) is 72.4 Å². The summed E-state index contributed by atoms with van der Waals surface area (Å²) in [6.07, 6.45) is 1.49. The summed E-state index contributed by atoms with van der Waals surface area (Å²) < 4.78 is 0. The molecule has 9 nitrogen and oxygen atoms in total. The van der Waals surface area contributed by atoms with Crippen molar-refractivity contribution < 1.29 is 9.59 Å². The van der Waals surface area contributed by atoms with Gasteiger partial charge in [-0.25, -0.2) is 4.98 Å². The summed E-state index contributed by atoms with van der Waals surface area (Å²) >= 11 is 0. The summed E-state index contributed by atoms with van der Waals surface area (Å²) in [5, 5.41) is 6.61. The van der Waals surface area contributed by atoms with E-state index in [9.17, 15) is 9.59 Å². The van der Waals surface area contributed by atoms with Crippen molar-refractivity contribution in [3.8, 4) is 0 Å². The summed E-state index contributed by atoms with van der Waals surface area (Å²) in [7, 11) is 0. The Hall–Kier alpha value is -4.11. The summed E-state index contributed by atoms with van der Waals surface area (Å²) in [6.45, 7) is 10.1. The number of nitrogens with one attached hydrogen (secondary N) is 2. The fourth-order valence-electron chi connectivity index (χ4n) is 4.52. The third-order valence-corrected chi connectivity index (χ3v) is 6.89. The van der Waals surface area contributed by atoms with Crippen LogP contribution in [0.1, 0.15) is 29.8 Å². The molecule has 0 radical (unpaired) electrons. The van der Waals surface area contributed by atoms with Crippen LogP contribution in [0.2, 0.25) is 0 Å². The van der Waals surface area contributed by atoms with Crippen molar-refractivity contribution in [1.82, 2.24) is 14.8 Å². The molecule has 2 aromatic carbocycles. The number of hydrogen-bond acceptors (Lipinski definition) is 7. The Kier molecular flexibility index (Phi) is 9.16. The molecule has 3 aromatic rings. The fraction of sp³-hybridized carbons (Fsp3) is 0.345. The summed E-state index contributed by atoms with van der Waals surface area (Å²) in [6, 6.07) is 19.9. The van der Waals surface area contributed by atoms with Crippen molar-refractivity contribution in [2.45, 2.75) is 20.4 Å². The Balaban J connectivity index is 1.35. The van der Waals surface area contributed by atoms with Crippen LogP contribution >= 0.6 is 0 Å². The number of nitrogens with zero attached hydrogens (tertiary/aromatic N) is 4. The Labute approximate surface area is 224 Å². The molecule has 1 fully saturated rings. The molecule has 0 atom stereocenters. The van der Waals surface area contributed by atoms with Crippen molar-refractivity contribution in [2.24, 2.45) is 5.73 Å². The number of hydrogen-bond donors (Lipinski definition) is 3. The molecule has 0 bridgehead atoms. The first-order chi connectivity index (χ1) is 18.5. The zero-order valence-electron chi connectivity index (χ0n) is 22.2. The van der Waals surface area contributed by atoms with E-state index in [1.165, 1.54) is 6.20 Å². The minimum Gasteiger partial charge on any atom is -0.380 e. The number of aromatic nitrogens is 1. The predicted octanol–water partition coefficient (Wildman–Crippen LogP) is 3.53. The molecule has 1 aliphatic rings. The maximum Gasteiger partial charge on any atom is 0.252 e. The normalized spacial score (nSPS) is 13.4. The molecule has 4 N–H and O–H groups in total. The third kappa shape index (κ3) is 7.01. The van der Waals surface area contributed by atoms with Gasteiger partial charge in [0.05, 0.1) is 17.8 Å². The van der Waals surface area contributed by atoms with Gasteiger partial charge in [0.25, 0.3) is 5.91 Å². The number of primary amides is 1. The van der Waals surface area contributed by atoms with Gasteiger partial charge in [0.2, 0.25) is 5.91 Å². The number of nitrogens with two attached hydrogens (primary N) is 1. The van der Waals surface area contributed by atoms with Crippen LogP contribution in [0.5, 0.6) is 0 Å². The highest BCUT2D eigenvalue weighted by molar-refractivity contribution is 5.98. The number of amides is 2. The van der Waals surface area contributed by atoms with E-state index < -0.39 is 5.91 Å². The van der Waals surface area contributed by atoms with Crippen LogP contribution in [0, 0.1) is 0 Å². The van der Waals surface area contributed by atoms with Crippen molar-refractivity contribution >= 4 is 34.7 Å². The number of pyridine rings is 1. The second kappa shape index (κ2) is 12.9. The van der Waals surface area contributed by atoms with Crippen LogP contribution in [0.25, 0.3) is 0 Å². The molecule has 2 heterocycles. The predicted molar refractivity (Wildman–Crippen MR) is 153 cm³/mol. The molecule has 1 aromatic heterocycles. The van der Waals surface area contributed by atoms with Gasteiger partial charge in [0, 0.05) is 56.4 Å². The number of piperazine rings is 1. The first kappa shape index (κ1) is 26.9. The lowest BCUT2D eigenvalue weighted by Gasteiger charge is -2.37. The van der Waals surface area contributed by atoms with Gasteiger partial charge in [0.15, 0.2) is 0 Å². The van der Waals surface area contributed by atoms with Crippen LogP contribution in [0.15, 0.2) is 66.9 Å².